The van der Waals surface area contributed by atoms with Crippen LogP contribution in [0.1, 0.15) is 53.7 Å². The lowest BCUT2D eigenvalue weighted by Gasteiger charge is -2.29. The Morgan fingerprint density at radius 3 is 2.82 bits per heavy atom. The van der Waals surface area contributed by atoms with Crippen molar-refractivity contribution in [3.63, 3.8) is 0 Å². The van der Waals surface area contributed by atoms with Gasteiger partial charge < -0.3 is 9.47 Å². The summed E-state index contributed by atoms with van der Waals surface area (Å²) in [6, 6.07) is 21.1. The Morgan fingerprint density at radius 1 is 1.15 bits per heavy atom. The number of halogens is 2. The van der Waals surface area contributed by atoms with E-state index in [1.165, 1.54) is 17.2 Å². The molecule has 1 N–H and O–H groups in total. The summed E-state index contributed by atoms with van der Waals surface area (Å²) in [6.07, 6.45) is 7.41. The molecule has 1 saturated carbocycles. The Morgan fingerprint density at radius 2 is 2.03 bits per heavy atom. The maximum absolute atomic E-state index is 14.5. The van der Waals surface area contributed by atoms with Crippen LogP contribution in [-0.4, -0.2) is 15.5 Å². The second-order valence-corrected chi connectivity index (χ2v) is 11.7. The number of carbonyl (C=O) groups is 1. The predicted molar refractivity (Wildman–Crippen MR) is 154 cm³/mol. The van der Waals surface area contributed by atoms with Gasteiger partial charge >= 0.3 is 0 Å². The van der Waals surface area contributed by atoms with Crippen molar-refractivity contribution < 1.29 is 9.18 Å². The maximum Gasteiger partial charge on any atom is 0.231 e. The van der Waals surface area contributed by atoms with Gasteiger partial charge in [-0.05, 0) is 96.6 Å². The smallest absolute Gasteiger partial charge is 0.231 e. The summed E-state index contributed by atoms with van der Waals surface area (Å²) in [5.41, 5.74) is 3.99. The number of benzene rings is 3. The van der Waals surface area contributed by atoms with E-state index in [0.717, 1.165) is 35.7 Å². The molecule has 0 aliphatic heterocycles. The van der Waals surface area contributed by atoms with Crippen molar-refractivity contribution in [2.75, 3.05) is 4.90 Å². The van der Waals surface area contributed by atoms with Crippen molar-refractivity contribution in [2.24, 2.45) is 13.0 Å². The fraction of sp³-hybridized carbons (Fsp3) is 0.290. The number of aromatic nitrogens is 2. The number of hydrogen-bond acceptors (Lipinski definition) is 4. The molecule has 1 unspecified atom stereocenters. The van der Waals surface area contributed by atoms with Gasteiger partial charge in [-0.25, -0.2) is 9.37 Å². The van der Waals surface area contributed by atoms with Gasteiger partial charge in [0.05, 0.1) is 6.54 Å². The van der Waals surface area contributed by atoms with Gasteiger partial charge in [-0.15, -0.1) is 0 Å². The summed E-state index contributed by atoms with van der Waals surface area (Å²) in [6.45, 7) is 0.358. The van der Waals surface area contributed by atoms with Crippen molar-refractivity contribution in [3.8, 4) is 0 Å². The highest BCUT2D eigenvalue weighted by atomic mass is 35.5. The van der Waals surface area contributed by atoms with Crippen LogP contribution in [0.2, 0.25) is 5.02 Å². The third-order valence-corrected chi connectivity index (χ3v) is 8.90. The van der Waals surface area contributed by atoms with Crippen LogP contribution in [0.5, 0.6) is 0 Å². The lowest BCUT2D eigenvalue weighted by Crippen LogP contribution is -2.33. The summed E-state index contributed by atoms with van der Waals surface area (Å²) in [7, 11) is 1.93. The molecule has 1 fully saturated rings. The quantitative estimate of drug-likeness (QED) is 0.231. The summed E-state index contributed by atoms with van der Waals surface area (Å²) in [5, 5.41) is 0.713. The summed E-state index contributed by atoms with van der Waals surface area (Å²) in [4.78, 5) is 21.4. The van der Waals surface area contributed by atoms with E-state index in [1.54, 1.807) is 30.3 Å². The number of imidazole rings is 1. The van der Waals surface area contributed by atoms with E-state index < -0.39 is 0 Å². The molecule has 1 heterocycles. The molecule has 0 bridgehead atoms. The SMILES string of the molecule is Cn1ccnc1CN(C(=O)[C@H]1C[C@@H]1c1ccccc1F)c1ccc2c(c1)C(NSc1cccc(Cl)c1)CCC2. The van der Waals surface area contributed by atoms with Gasteiger partial charge in [0.2, 0.25) is 5.91 Å². The van der Waals surface area contributed by atoms with E-state index in [1.807, 2.05) is 59.1 Å². The molecule has 8 heteroatoms. The highest BCUT2D eigenvalue weighted by Gasteiger charge is 2.47. The third-order valence-electron chi connectivity index (χ3n) is 7.77. The molecular weight excluding hydrogens is 531 g/mol. The Balaban J connectivity index is 1.28. The van der Waals surface area contributed by atoms with Crippen LogP contribution in [0.3, 0.4) is 0 Å². The zero-order chi connectivity index (χ0) is 26.9. The van der Waals surface area contributed by atoms with Gasteiger partial charge in [0.15, 0.2) is 0 Å². The molecule has 5 nitrogen and oxygen atoms in total. The second kappa shape index (κ2) is 11.2. The lowest BCUT2D eigenvalue weighted by molar-refractivity contribution is -0.120. The zero-order valence-corrected chi connectivity index (χ0v) is 23.3. The van der Waals surface area contributed by atoms with E-state index in [0.29, 0.717) is 23.6 Å². The predicted octanol–water partition coefficient (Wildman–Crippen LogP) is 7.22. The second-order valence-electron chi connectivity index (χ2n) is 10.4. The highest BCUT2D eigenvalue weighted by Crippen LogP contribution is 2.50. The van der Waals surface area contributed by atoms with Crippen LogP contribution < -0.4 is 9.62 Å². The first-order valence-corrected chi connectivity index (χ1v) is 14.5. The van der Waals surface area contributed by atoms with E-state index in [4.69, 9.17) is 11.6 Å². The minimum absolute atomic E-state index is 0.0137. The average Bonchev–Trinajstić information content (AvgIpc) is 3.64. The molecule has 2 aliphatic carbocycles. The van der Waals surface area contributed by atoms with Crippen LogP contribution in [0.4, 0.5) is 10.1 Å². The minimum atomic E-state index is -0.245. The molecule has 0 radical (unpaired) electrons. The zero-order valence-electron chi connectivity index (χ0n) is 21.7. The standard InChI is InChI=1S/C31H30ClFN4OS/c1-36-15-14-34-30(36)19-37(31(38)27-18-26(27)24-9-2-3-10-28(24)33)22-13-12-20-6-4-11-29(25(20)17-22)35-39-23-8-5-7-21(32)16-23/h2-3,5,7-10,12-17,26-27,29,35H,4,6,11,18-19H2,1H3/t26-,27+,29?/m1/s1. The van der Waals surface area contributed by atoms with Gasteiger partial charge in [-0.3, -0.25) is 9.52 Å². The van der Waals surface area contributed by atoms with E-state index in [2.05, 4.69) is 21.8 Å². The van der Waals surface area contributed by atoms with Crippen molar-refractivity contribution in [2.45, 2.75) is 49.1 Å². The Bertz CT molecular complexity index is 1510. The van der Waals surface area contributed by atoms with Crippen molar-refractivity contribution in [1.29, 1.82) is 0 Å². The van der Waals surface area contributed by atoms with Crippen LogP contribution >= 0.6 is 23.5 Å². The van der Waals surface area contributed by atoms with Crippen LogP contribution in [0.15, 0.2) is 84.0 Å². The van der Waals surface area contributed by atoms with Gasteiger partial charge in [-0.1, -0.05) is 41.9 Å². The number of nitrogens with one attached hydrogen (secondary N) is 1. The highest BCUT2D eigenvalue weighted by molar-refractivity contribution is 7.97. The molecule has 39 heavy (non-hydrogen) atoms. The first kappa shape index (κ1) is 26.1. The van der Waals surface area contributed by atoms with Crippen molar-refractivity contribution in [1.82, 2.24) is 14.3 Å². The molecular formula is C31H30ClFN4OS. The van der Waals surface area contributed by atoms with Gasteiger partial charge in [0.25, 0.3) is 0 Å². The van der Waals surface area contributed by atoms with Crippen molar-refractivity contribution >= 4 is 35.1 Å². The number of carbonyl (C=O) groups excluding carboxylic acids is 1. The lowest BCUT2D eigenvalue weighted by atomic mass is 9.87. The first-order valence-electron chi connectivity index (χ1n) is 13.3. The van der Waals surface area contributed by atoms with Crippen LogP contribution in [0, 0.1) is 11.7 Å². The molecule has 3 aromatic carbocycles. The molecule has 1 amide bonds. The maximum atomic E-state index is 14.5. The third kappa shape index (κ3) is 5.62. The number of hydrogen-bond donors (Lipinski definition) is 1. The van der Waals surface area contributed by atoms with Gasteiger partial charge in [-0.2, -0.15) is 0 Å². The van der Waals surface area contributed by atoms with E-state index in [-0.39, 0.29) is 29.6 Å². The number of aryl methyl sites for hydroxylation is 2. The Labute approximate surface area is 237 Å². The molecule has 4 aromatic rings. The Kier molecular flexibility index (Phi) is 7.47. The number of anilines is 1. The monoisotopic (exact) mass is 560 g/mol. The molecule has 0 saturated heterocycles. The molecule has 1 aromatic heterocycles. The largest absolute Gasteiger partial charge is 0.337 e. The molecule has 6 rings (SSSR count). The molecule has 2 aliphatic rings. The molecule has 0 spiro atoms. The fourth-order valence-corrected chi connectivity index (χ4v) is 6.63. The van der Waals surface area contributed by atoms with E-state index in [9.17, 15) is 9.18 Å². The van der Waals surface area contributed by atoms with Gasteiger partial charge in [0.1, 0.15) is 11.6 Å². The normalized spacial score (nSPS) is 19.9. The molecule has 200 valence electrons. The average molecular weight is 561 g/mol. The van der Waals surface area contributed by atoms with Gasteiger partial charge in [0, 0.05) is 47.0 Å². The minimum Gasteiger partial charge on any atom is -0.337 e. The topological polar surface area (TPSA) is 50.2 Å². The number of amides is 1. The summed E-state index contributed by atoms with van der Waals surface area (Å²) < 4.78 is 20.1. The Hall–Kier alpha value is -3.13. The van der Waals surface area contributed by atoms with Crippen LogP contribution in [0.25, 0.3) is 0 Å². The first-order chi connectivity index (χ1) is 19.0. The number of rotatable bonds is 8. The number of fused-ring (bicyclic) bond motifs is 1. The van der Waals surface area contributed by atoms with Crippen molar-refractivity contribution in [3.05, 3.63) is 112 Å². The van der Waals surface area contributed by atoms with Crippen LogP contribution in [-0.2, 0) is 24.8 Å². The summed E-state index contributed by atoms with van der Waals surface area (Å²) in [5.74, 6) is 0.234. The number of nitrogens with zero attached hydrogens (tertiary/aromatic N) is 3. The molecule has 3 atom stereocenters. The summed E-state index contributed by atoms with van der Waals surface area (Å²) >= 11 is 7.77. The fourth-order valence-electron chi connectivity index (χ4n) is 5.52. The van der Waals surface area contributed by atoms with E-state index >= 15 is 0 Å².